The number of aromatic nitrogens is 2. The van der Waals surface area contributed by atoms with Crippen LogP contribution in [0.4, 0.5) is 0 Å². The minimum absolute atomic E-state index is 0.412. The van der Waals surface area contributed by atoms with Gasteiger partial charge in [-0.05, 0) is 18.2 Å². The lowest BCUT2D eigenvalue weighted by molar-refractivity contribution is -0.594. The Labute approximate surface area is 157 Å². The van der Waals surface area contributed by atoms with Crippen LogP contribution in [0.3, 0.4) is 0 Å². The summed E-state index contributed by atoms with van der Waals surface area (Å²) in [6.45, 7) is 4.32. The van der Waals surface area contributed by atoms with Gasteiger partial charge in [0.05, 0.1) is 29.8 Å². The maximum absolute atomic E-state index is 10.2. The number of allylic oxidation sites excluding steroid dienone is 1. The highest BCUT2D eigenvalue weighted by Gasteiger charge is 2.15. The highest BCUT2D eigenvalue weighted by molar-refractivity contribution is 6.29. The molecule has 2 aromatic heterocycles. The predicted octanol–water partition coefficient (Wildman–Crippen LogP) is 0.530. The van der Waals surface area contributed by atoms with Crippen LogP contribution >= 0.6 is 11.6 Å². The lowest BCUT2D eigenvalue weighted by atomic mass is 10.1. The van der Waals surface area contributed by atoms with Crippen molar-refractivity contribution in [3.63, 3.8) is 0 Å². The van der Waals surface area contributed by atoms with Gasteiger partial charge >= 0.3 is 0 Å². The summed E-state index contributed by atoms with van der Waals surface area (Å²) in [5.41, 5.74) is 2.95. The zero-order valence-corrected chi connectivity index (χ0v) is 15.2. The zero-order valence-electron chi connectivity index (χ0n) is 14.4. The molecule has 3 rings (SSSR count). The van der Waals surface area contributed by atoms with E-state index >= 15 is 0 Å². The molecule has 1 saturated heterocycles. The van der Waals surface area contributed by atoms with Gasteiger partial charge in [-0.3, -0.25) is 9.88 Å². The molecule has 1 unspecified atom stereocenters. The monoisotopic (exact) mass is 376 g/mol. The highest BCUT2D eigenvalue weighted by Crippen LogP contribution is 2.18. The minimum Gasteiger partial charge on any atom is -0.386 e. The van der Waals surface area contributed by atoms with Gasteiger partial charge in [-0.1, -0.05) is 11.6 Å². The maximum atomic E-state index is 10.2. The second-order valence-electron chi connectivity index (χ2n) is 6.20. The van der Waals surface area contributed by atoms with E-state index in [-0.39, 0.29) is 0 Å². The number of aliphatic hydroxyl groups is 1. The molecule has 7 nitrogen and oxygen atoms in total. The molecule has 4 N–H and O–H groups in total. The van der Waals surface area contributed by atoms with Gasteiger partial charge in [0.25, 0.3) is 0 Å². The van der Waals surface area contributed by atoms with Crippen LogP contribution in [-0.4, -0.2) is 71.7 Å². The number of aliphatic hydroxyl groups excluding tert-OH is 1. The van der Waals surface area contributed by atoms with Crippen LogP contribution in [0.25, 0.3) is 16.6 Å². The molecular weight excluding hydrogens is 354 g/mol. The highest BCUT2D eigenvalue weighted by atomic mass is 35.5. The Bertz CT molecular complexity index is 792. The van der Waals surface area contributed by atoms with Crippen LogP contribution < -0.4 is 5.32 Å². The molecular formula is C18H23ClN5O2+. The van der Waals surface area contributed by atoms with Crippen molar-refractivity contribution in [1.82, 2.24) is 14.9 Å². The molecule has 0 aliphatic carbocycles. The third-order valence-electron chi connectivity index (χ3n) is 4.27. The Morgan fingerprint density at radius 1 is 1.38 bits per heavy atom. The smallest absolute Gasteiger partial charge is 0.129 e. The Morgan fingerprint density at radius 3 is 2.96 bits per heavy atom. The summed E-state index contributed by atoms with van der Waals surface area (Å²) in [4.78, 5) is 10.8. The number of ether oxygens (including phenoxy) is 1. The average molecular weight is 377 g/mol. The average Bonchev–Trinajstić information content (AvgIpc) is 2.65. The number of hydrogen-bond donors (Lipinski definition) is 3. The van der Waals surface area contributed by atoms with E-state index in [1.54, 1.807) is 12.3 Å². The molecule has 8 heteroatoms. The lowest BCUT2D eigenvalue weighted by Gasteiger charge is -2.27. The predicted molar refractivity (Wildman–Crippen MR) is 101 cm³/mol. The largest absolute Gasteiger partial charge is 0.386 e. The number of nitrogens with one attached hydrogen (secondary N) is 1. The fourth-order valence-electron chi connectivity index (χ4n) is 2.88. The van der Waals surface area contributed by atoms with Gasteiger partial charge in [0.2, 0.25) is 0 Å². The van der Waals surface area contributed by atoms with Gasteiger partial charge < -0.3 is 20.6 Å². The zero-order chi connectivity index (χ0) is 18.4. The number of morpholine rings is 1. The topological polar surface area (TPSA) is 98.9 Å². The van der Waals surface area contributed by atoms with Crippen molar-refractivity contribution < 1.29 is 15.2 Å². The van der Waals surface area contributed by atoms with E-state index in [0.717, 1.165) is 37.4 Å². The van der Waals surface area contributed by atoms with Gasteiger partial charge in [0.1, 0.15) is 24.0 Å². The van der Waals surface area contributed by atoms with E-state index in [9.17, 15) is 5.11 Å². The van der Waals surface area contributed by atoms with Crippen molar-refractivity contribution in [3.8, 4) is 0 Å². The first kappa shape index (κ1) is 18.9. The Hall–Kier alpha value is -1.90. The number of nitrogens with two attached hydrogens (primary N) is 1. The van der Waals surface area contributed by atoms with Crippen LogP contribution in [0.5, 0.6) is 0 Å². The molecule has 0 saturated carbocycles. The third-order valence-corrected chi connectivity index (χ3v) is 4.48. The van der Waals surface area contributed by atoms with Crippen LogP contribution in [0.1, 0.15) is 5.56 Å². The van der Waals surface area contributed by atoms with Crippen molar-refractivity contribution in [2.75, 3.05) is 39.4 Å². The SMILES string of the molecule is N=C/C(=C\[NH2+]CC(O)CN1CCOCC1)c1cnc2ccc(Cl)nc2c1. The Morgan fingerprint density at radius 2 is 2.19 bits per heavy atom. The third kappa shape index (κ3) is 5.06. The number of quaternary nitrogens is 1. The Balaban J connectivity index is 1.61. The summed E-state index contributed by atoms with van der Waals surface area (Å²) in [6, 6.07) is 5.38. The lowest BCUT2D eigenvalue weighted by Crippen LogP contribution is -2.81. The van der Waals surface area contributed by atoms with E-state index in [4.69, 9.17) is 21.7 Å². The van der Waals surface area contributed by atoms with Gasteiger partial charge in [0.15, 0.2) is 0 Å². The molecule has 1 fully saturated rings. The summed E-state index contributed by atoms with van der Waals surface area (Å²) < 4.78 is 5.31. The van der Waals surface area contributed by atoms with E-state index < -0.39 is 6.10 Å². The van der Waals surface area contributed by atoms with E-state index in [2.05, 4.69) is 14.9 Å². The number of β-amino-alcohol motifs (C(OH)–C–C–N with tert-alkyl or cyclic N) is 1. The summed E-state index contributed by atoms with van der Waals surface area (Å²) >= 11 is 5.94. The van der Waals surface area contributed by atoms with Crippen LogP contribution in [0.2, 0.25) is 5.15 Å². The minimum atomic E-state index is -0.438. The Kier molecular flexibility index (Phi) is 6.65. The first-order valence-electron chi connectivity index (χ1n) is 8.60. The van der Waals surface area contributed by atoms with Crippen molar-refractivity contribution in [1.29, 1.82) is 5.41 Å². The fourth-order valence-corrected chi connectivity index (χ4v) is 3.03. The molecule has 138 valence electrons. The second-order valence-corrected chi connectivity index (χ2v) is 6.59. The number of halogens is 1. The molecule has 0 bridgehead atoms. The van der Waals surface area contributed by atoms with Gasteiger partial charge in [0, 0.05) is 37.6 Å². The summed E-state index contributed by atoms with van der Waals surface area (Å²) in [7, 11) is 0. The maximum Gasteiger partial charge on any atom is 0.129 e. The van der Waals surface area contributed by atoms with E-state index in [1.807, 2.05) is 23.6 Å². The summed E-state index contributed by atoms with van der Waals surface area (Å²) in [5.74, 6) is 0. The van der Waals surface area contributed by atoms with E-state index in [0.29, 0.717) is 29.3 Å². The second kappa shape index (κ2) is 9.16. The fraction of sp³-hybridized carbons (Fsp3) is 0.389. The molecule has 0 radical (unpaired) electrons. The quantitative estimate of drug-likeness (QED) is 0.483. The van der Waals surface area contributed by atoms with Crippen molar-refractivity contribution in [2.24, 2.45) is 0 Å². The molecule has 2 aromatic rings. The van der Waals surface area contributed by atoms with Gasteiger partial charge in [-0.25, -0.2) is 4.98 Å². The molecule has 3 heterocycles. The molecule has 1 aliphatic rings. The van der Waals surface area contributed by atoms with Crippen LogP contribution in [0.15, 0.2) is 30.6 Å². The number of hydrogen-bond acceptors (Lipinski definition) is 6. The van der Waals surface area contributed by atoms with Crippen molar-refractivity contribution in [2.45, 2.75) is 6.10 Å². The molecule has 26 heavy (non-hydrogen) atoms. The summed E-state index contributed by atoms with van der Waals surface area (Å²) in [6.07, 6.45) is 4.39. The molecule has 0 amide bonds. The first-order chi connectivity index (χ1) is 12.7. The molecule has 0 aromatic carbocycles. The first-order valence-corrected chi connectivity index (χ1v) is 8.98. The van der Waals surface area contributed by atoms with Gasteiger partial charge in [-0.15, -0.1) is 0 Å². The van der Waals surface area contributed by atoms with Crippen molar-refractivity contribution in [3.05, 3.63) is 41.3 Å². The standard InChI is InChI=1S/C18H22ClN5O2/c19-18-2-1-16-17(23-18)7-13(10-22-16)14(8-20)9-21-11-15(25)12-24-3-5-26-6-4-24/h1-2,7-10,15,20-21,25H,3-6,11-12H2/p+1/b14-9+,20-8?. The van der Waals surface area contributed by atoms with E-state index in [1.165, 1.54) is 6.21 Å². The number of rotatable bonds is 7. The van der Waals surface area contributed by atoms with Crippen molar-refractivity contribution >= 4 is 34.4 Å². The molecule has 1 aliphatic heterocycles. The van der Waals surface area contributed by atoms with Crippen LogP contribution in [-0.2, 0) is 4.74 Å². The molecule has 0 spiro atoms. The van der Waals surface area contributed by atoms with Crippen LogP contribution in [0, 0.1) is 5.41 Å². The molecule has 1 atom stereocenters. The number of fused-ring (bicyclic) bond motifs is 1. The number of pyridine rings is 2. The number of nitrogens with zero attached hydrogens (tertiary/aromatic N) is 3. The van der Waals surface area contributed by atoms with Gasteiger partial charge in [-0.2, -0.15) is 0 Å². The summed E-state index contributed by atoms with van der Waals surface area (Å²) in [5, 5.41) is 20.2. The normalized spacial score (nSPS) is 17.4.